The fourth-order valence-corrected chi connectivity index (χ4v) is 2.89. The number of aliphatic hydroxyl groups is 1. The molecule has 144 valence electrons. The molecule has 27 heavy (non-hydrogen) atoms. The second kappa shape index (κ2) is 7.99. The molecule has 6 nitrogen and oxygen atoms in total. The van der Waals surface area contributed by atoms with Crippen LogP contribution in [0.25, 0.3) is 0 Å². The summed E-state index contributed by atoms with van der Waals surface area (Å²) in [5.41, 5.74) is -0.232. The van der Waals surface area contributed by atoms with Gasteiger partial charge in [-0.05, 0) is 30.9 Å². The lowest BCUT2D eigenvalue weighted by atomic mass is 9.90. The lowest BCUT2D eigenvalue weighted by Crippen LogP contribution is -2.47. The van der Waals surface area contributed by atoms with E-state index in [0.29, 0.717) is 11.3 Å². The van der Waals surface area contributed by atoms with Crippen LogP contribution in [0.5, 0.6) is 0 Å². The van der Waals surface area contributed by atoms with E-state index in [4.69, 9.17) is 0 Å². The molecule has 2 heterocycles. The Hall–Kier alpha value is -2.55. The number of halogens is 3. The molecule has 0 saturated heterocycles. The van der Waals surface area contributed by atoms with E-state index in [-0.39, 0.29) is 24.9 Å². The third-order valence-corrected chi connectivity index (χ3v) is 4.60. The van der Waals surface area contributed by atoms with Crippen LogP contribution < -0.4 is 0 Å². The topological polar surface area (TPSA) is 79.2 Å². The Kier molecular flexibility index (Phi) is 5.69. The second-order valence-electron chi connectivity index (χ2n) is 6.50. The summed E-state index contributed by atoms with van der Waals surface area (Å²) in [6.07, 6.45) is 2.56. The normalized spacial score (nSPS) is 15.9. The number of rotatable bonds is 6. The number of aromatic nitrogens is 3. The minimum absolute atomic E-state index is 0.0197. The molecule has 1 aliphatic carbocycles. The van der Waals surface area contributed by atoms with Gasteiger partial charge in [-0.1, -0.05) is 6.07 Å². The molecule has 1 fully saturated rings. The summed E-state index contributed by atoms with van der Waals surface area (Å²) in [6.45, 7) is 0.0657. The van der Waals surface area contributed by atoms with Gasteiger partial charge >= 0.3 is 6.18 Å². The van der Waals surface area contributed by atoms with Gasteiger partial charge in [0.2, 0.25) is 5.91 Å². The summed E-state index contributed by atoms with van der Waals surface area (Å²) < 4.78 is 37.8. The third kappa shape index (κ3) is 4.79. The number of hydrogen-bond acceptors (Lipinski definition) is 5. The van der Waals surface area contributed by atoms with Crippen LogP contribution in [-0.4, -0.2) is 43.5 Å². The van der Waals surface area contributed by atoms with Crippen molar-refractivity contribution in [2.24, 2.45) is 0 Å². The van der Waals surface area contributed by atoms with Crippen LogP contribution in [0.2, 0.25) is 0 Å². The predicted octanol–water partition coefficient (Wildman–Crippen LogP) is 2.55. The molecule has 0 radical (unpaired) electrons. The Morgan fingerprint density at radius 1 is 1.22 bits per heavy atom. The first-order valence-electron chi connectivity index (χ1n) is 8.60. The Labute approximate surface area is 154 Å². The molecule has 3 rings (SSSR count). The molecule has 1 aliphatic rings. The van der Waals surface area contributed by atoms with Crippen molar-refractivity contribution in [3.8, 4) is 0 Å². The lowest BCUT2D eigenvalue weighted by Gasteiger charge is -2.38. The number of carbonyl (C=O) groups excluding carboxylic acids is 1. The molecule has 2 aromatic heterocycles. The molecule has 1 saturated carbocycles. The maximum Gasteiger partial charge on any atom is 0.433 e. The van der Waals surface area contributed by atoms with E-state index in [1.54, 1.807) is 4.90 Å². The van der Waals surface area contributed by atoms with E-state index in [2.05, 4.69) is 15.0 Å². The van der Waals surface area contributed by atoms with Gasteiger partial charge in [-0.15, -0.1) is 0 Å². The van der Waals surface area contributed by atoms with Crippen LogP contribution in [0.1, 0.15) is 42.3 Å². The number of hydrogen-bond donors (Lipinski definition) is 1. The van der Waals surface area contributed by atoms with Gasteiger partial charge in [0.05, 0.1) is 24.9 Å². The Balaban J connectivity index is 1.68. The predicted molar refractivity (Wildman–Crippen MR) is 89.3 cm³/mol. The highest BCUT2D eigenvalue weighted by Crippen LogP contribution is 2.29. The fourth-order valence-electron chi connectivity index (χ4n) is 2.89. The van der Waals surface area contributed by atoms with E-state index in [9.17, 15) is 23.1 Å². The summed E-state index contributed by atoms with van der Waals surface area (Å²) in [6, 6.07) is 2.14. The molecule has 9 heteroatoms. The average molecular weight is 380 g/mol. The smallest absolute Gasteiger partial charge is 0.385 e. The first-order chi connectivity index (χ1) is 12.8. The molecule has 0 aliphatic heterocycles. The number of carbonyl (C=O) groups is 1. The molecule has 0 aromatic carbocycles. The molecule has 0 spiro atoms. The number of pyridine rings is 1. The first kappa shape index (κ1) is 19.2. The minimum atomic E-state index is -4.51. The fraction of sp³-hybridized carbons (Fsp3) is 0.444. The van der Waals surface area contributed by atoms with Crippen molar-refractivity contribution in [3.05, 3.63) is 53.9 Å². The van der Waals surface area contributed by atoms with Crippen molar-refractivity contribution < 1.29 is 23.1 Å². The first-order valence-corrected chi connectivity index (χ1v) is 8.60. The van der Waals surface area contributed by atoms with Crippen molar-refractivity contribution >= 4 is 5.91 Å². The molecular weight excluding hydrogens is 361 g/mol. The van der Waals surface area contributed by atoms with Gasteiger partial charge in [-0.3, -0.25) is 19.7 Å². The summed E-state index contributed by atoms with van der Waals surface area (Å²) in [7, 11) is 0. The van der Waals surface area contributed by atoms with Gasteiger partial charge in [-0.2, -0.15) is 13.2 Å². The van der Waals surface area contributed by atoms with E-state index in [1.807, 2.05) is 0 Å². The number of amides is 1. The van der Waals surface area contributed by atoms with Crippen molar-refractivity contribution in [3.63, 3.8) is 0 Å². The number of alkyl halides is 3. The van der Waals surface area contributed by atoms with Crippen LogP contribution in [-0.2, 0) is 17.4 Å². The van der Waals surface area contributed by atoms with Crippen LogP contribution >= 0.6 is 0 Å². The van der Waals surface area contributed by atoms with Gasteiger partial charge in [0.1, 0.15) is 11.8 Å². The summed E-state index contributed by atoms with van der Waals surface area (Å²) in [4.78, 5) is 25.6. The van der Waals surface area contributed by atoms with E-state index < -0.39 is 18.0 Å². The molecule has 1 amide bonds. The number of aliphatic hydroxyl groups excluding tert-OH is 1. The maximum atomic E-state index is 12.7. The van der Waals surface area contributed by atoms with Crippen LogP contribution in [0, 0.1) is 0 Å². The SMILES string of the molecule is O=C(Cc1ccc(C(F)(F)F)nc1)N(CC(O)c1cnccn1)C1CCC1. The zero-order valence-corrected chi connectivity index (χ0v) is 14.4. The van der Waals surface area contributed by atoms with E-state index >= 15 is 0 Å². The van der Waals surface area contributed by atoms with Gasteiger partial charge in [0.15, 0.2) is 0 Å². The van der Waals surface area contributed by atoms with Crippen molar-refractivity contribution in [2.45, 2.75) is 44.0 Å². The highest BCUT2D eigenvalue weighted by atomic mass is 19.4. The quantitative estimate of drug-likeness (QED) is 0.833. The molecular formula is C18H19F3N4O2. The highest BCUT2D eigenvalue weighted by molar-refractivity contribution is 5.79. The molecule has 0 bridgehead atoms. The van der Waals surface area contributed by atoms with Crippen molar-refractivity contribution in [2.75, 3.05) is 6.54 Å². The highest BCUT2D eigenvalue weighted by Gasteiger charge is 2.33. The largest absolute Gasteiger partial charge is 0.433 e. The standard InChI is InChI=1S/C18H19F3N4O2/c19-18(20,21)16-5-4-12(9-24-16)8-17(27)25(13-2-1-3-13)11-15(26)14-10-22-6-7-23-14/h4-7,9-10,13,15,26H,1-3,8,11H2. The van der Waals surface area contributed by atoms with Gasteiger partial charge in [-0.25, -0.2) is 0 Å². The Morgan fingerprint density at radius 3 is 2.52 bits per heavy atom. The van der Waals surface area contributed by atoms with Crippen molar-refractivity contribution in [1.82, 2.24) is 19.9 Å². The van der Waals surface area contributed by atoms with Crippen molar-refractivity contribution in [1.29, 1.82) is 0 Å². The zero-order valence-electron chi connectivity index (χ0n) is 14.4. The van der Waals surface area contributed by atoms with E-state index in [1.165, 1.54) is 24.7 Å². The molecule has 1 atom stereocenters. The van der Waals surface area contributed by atoms with Gasteiger partial charge in [0, 0.05) is 24.6 Å². The molecule has 1 N–H and O–H groups in total. The lowest BCUT2D eigenvalue weighted by molar-refractivity contribution is -0.141. The zero-order chi connectivity index (χ0) is 19.4. The summed E-state index contributed by atoms with van der Waals surface area (Å²) >= 11 is 0. The Bertz CT molecular complexity index is 764. The van der Waals surface area contributed by atoms with Gasteiger partial charge in [0.25, 0.3) is 0 Å². The maximum absolute atomic E-state index is 12.7. The second-order valence-corrected chi connectivity index (χ2v) is 6.50. The monoisotopic (exact) mass is 380 g/mol. The van der Waals surface area contributed by atoms with Crippen LogP contribution in [0.15, 0.2) is 36.9 Å². The van der Waals surface area contributed by atoms with Crippen LogP contribution in [0.3, 0.4) is 0 Å². The third-order valence-electron chi connectivity index (χ3n) is 4.60. The average Bonchev–Trinajstić information content (AvgIpc) is 2.60. The molecule has 1 unspecified atom stereocenters. The molecule has 2 aromatic rings. The summed E-state index contributed by atoms with van der Waals surface area (Å²) in [5.74, 6) is -0.260. The Morgan fingerprint density at radius 2 is 2.00 bits per heavy atom. The number of nitrogens with zero attached hydrogens (tertiary/aromatic N) is 4. The summed E-state index contributed by atoms with van der Waals surface area (Å²) in [5, 5.41) is 10.4. The van der Waals surface area contributed by atoms with Crippen LogP contribution in [0.4, 0.5) is 13.2 Å². The van der Waals surface area contributed by atoms with E-state index in [0.717, 1.165) is 31.5 Å². The minimum Gasteiger partial charge on any atom is -0.385 e. The van der Waals surface area contributed by atoms with Gasteiger partial charge < -0.3 is 10.0 Å².